The summed E-state index contributed by atoms with van der Waals surface area (Å²) in [6, 6.07) is -0.634. The Morgan fingerprint density at radius 3 is 2.33 bits per heavy atom. The number of nitrogens with one attached hydrogen (secondary N) is 1. The average molecular weight is 185 g/mol. The van der Waals surface area contributed by atoms with Gasteiger partial charge < -0.3 is 10.1 Å². The smallest absolute Gasteiger partial charge is 0.380 e. The number of rotatable bonds is 5. The van der Waals surface area contributed by atoms with Crippen molar-refractivity contribution < 1.29 is 17.9 Å². The van der Waals surface area contributed by atoms with Crippen LogP contribution in [0.4, 0.5) is 13.2 Å². The van der Waals surface area contributed by atoms with Gasteiger partial charge in [-0.2, -0.15) is 13.2 Å². The molecule has 0 aliphatic carbocycles. The fourth-order valence-corrected chi connectivity index (χ4v) is 0.784. The number of hydrogen-bond donors (Lipinski definition) is 1. The maximum atomic E-state index is 11.8. The van der Waals surface area contributed by atoms with Crippen LogP contribution in [0, 0.1) is 0 Å². The van der Waals surface area contributed by atoms with E-state index in [4.69, 9.17) is 4.74 Å². The van der Waals surface area contributed by atoms with Gasteiger partial charge >= 0.3 is 6.18 Å². The van der Waals surface area contributed by atoms with Crippen molar-refractivity contribution in [1.82, 2.24) is 5.32 Å². The summed E-state index contributed by atoms with van der Waals surface area (Å²) in [4.78, 5) is 0. The largest absolute Gasteiger partial charge is 0.390 e. The second-order valence-electron chi connectivity index (χ2n) is 2.46. The molecular formula is C7H14F3NO. The average Bonchev–Trinajstić information content (AvgIpc) is 1.95. The van der Waals surface area contributed by atoms with Crippen LogP contribution in [0.3, 0.4) is 0 Å². The van der Waals surface area contributed by atoms with Crippen molar-refractivity contribution >= 4 is 0 Å². The van der Waals surface area contributed by atoms with Crippen molar-refractivity contribution in [3.8, 4) is 0 Å². The molecule has 5 heteroatoms. The van der Waals surface area contributed by atoms with Gasteiger partial charge in [-0.3, -0.25) is 0 Å². The van der Waals surface area contributed by atoms with Crippen molar-refractivity contribution in [2.75, 3.05) is 20.3 Å². The first kappa shape index (κ1) is 11.7. The van der Waals surface area contributed by atoms with Crippen molar-refractivity contribution in [2.24, 2.45) is 0 Å². The molecule has 0 aliphatic rings. The van der Waals surface area contributed by atoms with Crippen LogP contribution in [-0.2, 0) is 4.74 Å². The van der Waals surface area contributed by atoms with Crippen LogP contribution in [0.2, 0.25) is 0 Å². The molecule has 0 radical (unpaired) electrons. The maximum absolute atomic E-state index is 11.8. The van der Waals surface area contributed by atoms with E-state index in [1.165, 1.54) is 7.05 Å². The predicted molar refractivity (Wildman–Crippen MR) is 40.0 cm³/mol. The number of alkyl halides is 3. The lowest BCUT2D eigenvalue weighted by molar-refractivity contribution is -0.142. The van der Waals surface area contributed by atoms with Gasteiger partial charge in [-0.05, 0) is 14.0 Å². The molecule has 1 unspecified atom stereocenters. The minimum absolute atomic E-state index is 0.104. The molecule has 0 saturated carbocycles. The lowest BCUT2D eigenvalue weighted by Crippen LogP contribution is -2.35. The van der Waals surface area contributed by atoms with Gasteiger partial charge in [-0.25, -0.2) is 0 Å². The Morgan fingerprint density at radius 2 is 2.00 bits per heavy atom. The third-order valence-corrected chi connectivity index (χ3v) is 1.41. The topological polar surface area (TPSA) is 21.3 Å². The lowest BCUT2D eigenvalue weighted by Gasteiger charge is -2.17. The summed E-state index contributed by atoms with van der Waals surface area (Å²) in [6.07, 6.45) is -4.96. The third-order valence-electron chi connectivity index (χ3n) is 1.41. The van der Waals surface area contributed by atoms with E-state index in [0.29, 0.717) is 6.61 Å². The molecule has 74 valence electrons. The summed E-state index contributed by atoms with van der Waals surface area (Å²) < 4.78 is 40.3. The van der Waals surface area contributed by atoms with Crippen LogP contribution in [0.5, 0.6) is 0 Å². The first-order valence-electron chi connectivity index (χ1n) is 3.81. The molecule has 0 aliphatic heterocycles. The molecule has 0 aromatic heterocycles. The molecular weight excluding hydrogens is 171 g/mol. The van der Waals surface area contributed by atoms with E-state index < -0.39 is 18.6 Å². The number of hydrogen-bond acceptors (Lipinski definition) is 2. The standard InChI is InChI=1S/C7H14F3NO/c1-3-12-5-6(11-2)4-7(8,9)10/h6,11H,3-5H2,1-2H3. The van der Waals surface area contributed by atoms with E-state index in [0.717, 1.165) is 0 Å². The number of likely N-dealkylation sites (N-methyl/N-ethyl adjacent to an activating group) is 1. The van der Waals surface area contributed by atoms with Crippen molar-refractivity contribution in [1.29, 1.82) is 0 Å². The van der Waals surface area contributed by atoms with E-state index in [1.54, 1.807) is 6.92 Å². The van der Waals surface area contributed by atoms with Crippen LogP contribution in [0.1, 0.15) is 13.3 Å². The van der Waals surface area contributed by atoms with Crippen LogP contribution in [-0.4, -0.2) is 32.5 Å². The Morgan fingerprint density at radius 1 is 1.42 bits per heavy atom. The summed E-state index contributed by atoms with van der Waals surface area (Å²) in [6.45, 7) is 2.29. The molecule has 1 N–H and O–H groups in total. The highest BCUT2D eigenvalue weighted by molar-refractivity contribution is 4.67. The second kappa shape index (κ2) is 5.37. The van der Waals surface area contributed by atoms with Gasteiger partial charge in [0.25, 0.3) is 0 Å². The normalized spacial score (nSPS) is 14.8. The predicted octanol–water partition coefficient (Wildman–Crippen LogP) is 1.56. The molecule has 0 amide bonds. The fourth-order valence-electron chi connectivity index (χ4n) is 0.784. The summed E-state index contributed by atoms with van der Waals surface area (Å²) in [5.74, 6) is 0. The van der Waals surface area contributed by atoms with E-state index in [9.17, 15) is 13.2 Å². The molecule has 0 fully saturated rings. The Hall–Kier alpha value is -0.290. The molecule has 1 atom stereocenters. The third kappa shape index (κ3) is 6.42. The molecule has 12 heavy (non-hydrogen) atoms. The first-order chi connectivity index (χ1) is 5.49. The van der Waals surface area contributed by atoms with Crippen LogP contribution in [0.15, 0.2) is 0 Å². The highest BCUT2D eigenvalue weighted by Crippen LogP contribution is 2.21. The summed E-state index contributed by atoms with van der Waals surface area (Å²) >= 11 is 0. The Labute approximate surface area is 70.1 Å². The summed E-state index contributed by atoms with van der Waals surface area (Å²) in [7, 11) is 1.50. The quantitative estimate of drug-likeness (QED) is 0.701. The minimum Gasteiger partial charge on any atom is -0.380 e. The van der Waals surface area contributed by atoms with Gasteiger partial charge in [-0.1, -0.05) is 0 Å². The van der Waals surface area contributed by atoms with E-state index in [-0.39, 0.29) is 6.61 Å². The Kier molecular flexibility index (Phi) is 5.24. The van der Waals surface area contributed by atoms with E-state index in [1.807, 2.05) is 0 Å². The minimum atomic E-state index is -4.12. The van der Waals surface area contributed by atoms with Crippen molar-refractivity contribution in [3.63, 3.8) is 0 Å². The number of halogens is 3. The van der Waals surface area contributed by atoms with Crippen molar-refractivity contribution in [2.45, 2.75) is 25.6 Å². The van der Waals surface area contributed by atoms with Gasteiger partial charge in [0.15, 0.2) is 0 Å². The van der Waals surface area contributed by atoms with E-state index in [2.05, 4.69) is 5.32 Å². The fraction of sp³-hybridized carbons (Fsp3) is 1.00. The molecule has 0 rings (SSSR count). The Bertz CT molecular complexity index is 116. The molecule has 2 nitrogen and oxygen atoms in total. The molecule has 0 aromatic carbocycles. The second-order valence-corrected chi connectivity index (χ2v) is 2.46. The first-order valence-corrected chi connectivity index (χ1v) is 3.81. The molecule has 0 saturated heterocycles. The highest BCUT2D eigenvalue weighted by atomic mass is 19.4. The van der Waals surface area contributed by atoms with Crippen LogP contribution < -0.4 is 5.32 Å². The molecule has 0 bridgehead atoms. The summed E-state index contributed by atoms with van der Waals surface area (Å²) in [5, 5.41) is 2.55. The van der Waals surface area contributed by atoms with E-state index >= 15 is 0 Å². The maximum Gasteiger partial charge on any atom is 0.390 e. The monoisotopic (exact) mass is 185 g/mol. The zero-order valence-corrected chi connectivity index (χ0v) is 7.24. The summed E-state index contributed by atoms with van der Waals surface area (Å²) in [5.41, 5.74) is 0. The lowest BCUT2D eigenvalue weighted by atomic mass is 10.2. The molecule has 0 aromatic rings. The van der Waals surface area contributed by atoms with Gasteiger partial charge in [0.2, 0.25) is 0 Å². The SMILES string of the molecule is CCOCC(CC(F)(F)F)NC. The zero-order chi connectivity index (χ0) is 9.61. The van der Waals surface area contributed by atoms with Crippen LogP contribution in [0.25, 0.3) is 0 Å². The molecule has 0 spiro atoms. The highest BCUT2D eigenvalue weighted by Gasteiger charge is 2.31. The van der Waals surface area contributed by atoms with Crippen LogP contribution >= 0.6 is 0 Å². The zero-order valence-electron chi connectivity index (χ0n) is 7.24. The Balaban J connectivity index is 3.67. The van der Waals surface area contributed by atoms with Gasteiger partial charge in [0.1, 0.15) is 0 Å². The van der Waals surface area contributed by atoms with Gasteiger partial charge in [-0.15, -0.1) is 0 Å². The van der Waals surface area contributed by atoms with Gasteiger partial charge in [0, 0.05) is 12.6 Å². The molecule has 0 heterocycles. The van der Waals surface area contributed by atoms with Crippen molar-refractivity contribution in [3.05, 3.63) is 0 Å². The number of ether oxygens (including phenoxy) is 1. The van der Waals surface area contributed by atoms with Gasteiger partial charge in [0.05, 0.1) is 13.0 Å².